The first kappa shape index (κ1) is 17.0. The Morgan fingerprint density at radius 3 is 2.33 bits per heavy atom. The SMILES string of the molecule is CC(O)C(N)C(=O)O.O=C1CN(c2ccccc2)C(=S)N1. The molecule has 1 saturated heterocycles. The molecule has 0 saturated carbocycles. The predicted octanol–water partition coefficient (Wildman–Crippen LogP) is -0.313. The van der Waals surface area contributed by atoms with Crippen molar-refractivity contribution >= 4 is 34.9 Å². The first-order valence-electron chi connectivity index (χ1n) is 6.15. The molecule has 1 aliphatic heterocycles. The Labute approximate surface area is 127 Å². The van der Waals surface area contributed by atoms with Gasteiger partial charge in [0.25, 0.3) is 0 Å². The molecule has 0 spiro atoms. The molecular formula is C13H17N3O4S. The molecule has 0 aromatic heterocycles. The van der Waals surface area contributed by atoms with Crippen molar-refractivity contribution in [3.8, 4) is 0 Å². The highest BCUT2D eigenvalue weighted by atomic mass is 32.1. The predicted molar refractivity (Wildman–Crippen MR) is 81.8 cm³/mol. The molecule has 2 atom stereocenters. The molecule has 1 amide bonds. The molecule has 1 aliphatic rings. The molecule has 7 nitrogen and oxygen atoms in total. The Balaban J connectivity index is 0.000000240. The van der Waals surface area contributed by atoms with Gasteiger partial charge in [0.2, 0.25) is 5.91 Å². The zero-order valence-corrected chi connectivity index (χ0v) is 12.2. The normalized spacial score (nSPS) is 16.6. The van der Waals surface area contributed by atoms with Crippen LogP contribution in [-0.4, -0.2) is 45.9 Å². The van der Waals surface area contributed by atoms with E-state index in [1.165, 1.54) is 6.92 Å². The van der Waals surface area contributed by atoms with Crippen LogP contribution in [0.5, 0.6) is 0 Å². The van der Waals surface area contributed by atoms with Crippen LogP contribution in [0, 0.1) is 0 Å². The third-order valence-electron chi connectivity index (χ3n) is 2.67. The molecule has 5 N–H and O–H groups in total. The number of thiocarbonyl (C=S) groups is 1. The standard InChI is InChI=1S/C9H8N2OS.C4H9NO3/c12-8-6-11(9(13)10-8)7-4-2-1-3-5-7;1-2(6)3(5)4(7)8/h1-5H,6H2,(H,10,12,13);2-3,6H,5H2,1H3,(H,7,8). The quantitative estimate of drug-likeness (QED) is 0.566. The van der Waals surface area contributed by atoms with Gasteiger partial charge in [-0.25, -0.2) is 0 Å². The van der Waals surface area contributed by atoms with Gasteiger partial charge in [-0.15, -0.1) is 0 Å². The number of nitrogens with zero attached hydrogens (tertiary/aromatic N) is 1. The summed E-state index contributed by atoms with van der Waals surface area (Å²) in [7, 11) is 0. The molecule has 2 unspecified atom stereocenters. The first-order chi connectivity index (χ1) is 9.82. The topological polar surface area (TPSA) is 116 Å². The van der Waals surface area contributed by atoms with E-state index in [2.05, 4.69) is 5.32 Å². The summed E-state index contributed by atoms with van der Waals surface area (Å²) >= 11 is 4.99. The molecule has 1 heterocycles. The number of para-hydroxylation sites is 1. The number of aliphatic hydroxyl groups is 1. The van der Waals surface area contributed by atoms with Crippen molar-refractivity contribution in [2.75, 3.05) is 11.4 Å². The van der Waals surface area contributed by atoms with Crippen LogP contribution in [0.15, 0.2) is 30.3 Å². The van der Waals surface area contributed by atoms with Gasteiger partial charge in [-0.3, -0.25) is 9.59 Å². The van der Waals surface area contributed by atoms with Gasteiger partial charge in [-0.05, 0) is 31.3 Å². The number of nitrogens with two attached hydrogens (primary N) is 1. The summed E-state index contributed by atoms with van der Waals surface area (Å²) in [6.07, 6.45) is -0.979. The number of anilines is 1. The molecule has 0 aliphatic carbocycles. The van der Waals surface area contributed by atoms with Crippen molar-refractivity contribution in [3.05, 3.63) is 30.3 Å². The average molecular weight is 311 g/mol. The minimum Gasteiger partial charge on any atom is -0.480 e. The van der Waals surface area contributed by atoms with Gasteiger partial charge in [-0.1, -0.05) is 18.2 Å². The van der Waals surface area contributed by atoms with Crippen LogP contribution < -0.4 is 16.0 Å². The fourth-order valence-electron chi connectivity index (χ4n) is 1.46. The Hall–Kier alpha value is -2.03. The van der Waals surface area contributed by atoms with Crippen LogP contribution in [0.2, 0.25) is 0 Å². The number of rotatable bonds is 3. The number of nitrogens with one attached hydrogen (secondary N) is 1. The van der Waals surface area contributed by atoms with Crippen molar-refractivity contribution in [1.29, 1.82) is 0 Å². The number of amides is 1. The number of hydrogen-bond acceptors (Lipinski definition) is 5. The first-order valence-corrected chi connectivity index (χ1v) is 6.56. The summed E-state index contributed by atoms with van der Waals surface area (Å²) in [5, 5.41) is 19.6. The number of carboxylic acids is 1. The molecule has 1 fully saturated rings. The lowest BCUT2D eigenvalue weighted by atomic mass is 10.2. The van der Waals surface area contributed by atoms with Crippen molar-refractivity contribution in [2.24, 2.45) is 5.73 Å². The summed E-state index contributed by atoms with van der Waals surface area (Å²) in [5.41, 5.74) is 5.86. The second-order valence-electron chi connectivity index (χ2n) is 4.38. The molecule has 2 rings (SSSR count). The number of carbonyl (C=O) groups is 2. The molecule has 1 aromatic rings. The van der Waals surface area contributed by atoms with Gasteiger partial charge in [-0.2, -0.15) is 0 Å². The summed E-state index contributed by atoms with van der Waals surface area (Å²) in [6, 6.07) is 8.45. The monoisotopic (exact) mass is 311 g/mol. The van der Waals surface area contributed by atoms with E-state index in [-0.39, 0.29) is 5.91 Å². The van der Waals surface area contributed by atoms with E-state index in [9.17, 15) is 9.59 Å². The number of aliphatic carboxylic acids is 1. The van der Waals surface area contributed by atoms with Crippen molar-refractivity contribution in [3.63, 3.8) is 0 Å². The van der Waals surface area contributed by atoms with Gasteiger partial charge < -0.3 is 26.2 Å². The van der Waals surface area contributed by atoms with Crippen LogP contribution in [0.1, 0.15) is 6.92 Å². The smallest absolute Gasteiger partial charge is 0.323 e. The molecule has 0 bridgehead atoms. The molecule has 114 valence electrons. The zero-order chi connectivity index (χ0) is 16.0. The van der Waals surface area contributed by atoms with Crippen molar-refractivity contribution in [2.45, 2.75) is 19.1 Å². The fraction of sp³-hybridized carbons (Fsp3) is 0.308. The summed E-state index contributed by atoms with van der Waals surface area (Å²) < 4.78 is 0. The number of carbonyl (C=O) groups excluding carboxylic acids is 1. The highest BCUT2D eigenvalue weighted by molar-refractivity contribution is 7.80. The van der Waals surface area contributed by atoms with Crippen LogP contribution in [0.25, 0.3) is 0 Å². The van der Waals surface area contributed by atoms with Crippen LogP contribution in [0.4, 0.5) is 5.69 Å². The minimum atomic E-state index is -1.18. The average Bonchev–Trinajstić information content (AvgIpc) is 2.78. The van der Waals surface area contributed by atoms with Gasteiger partial charge in [0.15, 0.2) is 5.11 Å². The Bertz CT molecular complexity index is 521. The van der Waals surface area contributed by atoms with Gasteiger partial charge in [0.1, 0.15) is 12.6 Å². The minimum absolute atomic E-state index is 0.0474. The van der Waals surface area contributed by atoms with E-state index >= 15 is 0 Å². The lowest BCUT2D eigenvalue weighted by molar-refractivity contribution is -0.140. The maximum atomic E-state index is 11.0. The van der Waals surface area contributed by atoms with Gasteiger partial charge in [0, 0.05) is 5.69 Å². The van der Waals surface area contributed by atoms with Crippen LogP contribution in [-0.2, 0) is 9.59 Å². The van der Waals surface area contributed by atoms with Crippen LogP contribution in [0.3, 0.4) is 0 Å². The lowest BCUT2D eigenvalue weighted by Crippen LogP contribution is -2.39. The van der Waals surface area contributed by atoms with E-state index in [1.807, 2.05) is 30.3 Å². The molecular weight excluding hydrogens is 294 g/mol. The van der Waals surface area contributed by atoms with E-state index in [4.69, 9.17) is 28.2 Å². The highest BCUT2D eigenvalue weighted by Gasteiger charge is 2.24. The lowest BCUT2D eigenvalue weighted by Gasteiger charge is -2.14. The number of carboxylic acid groups (broad SMARTS) is 1. The maximum absolute atomic E-state index is 11.0. The van der Waals surface area contributed by atoms with Gasteiger partial charge in [0.05, 0.1) is 6.10 Å². The Morgan fingerprint density at radius 1 is 1.43 bits per heavy atom. The Kier molecular flexibility index (Phi) is 6.22. The second kappa shape index (κ2) is 7.67. The van der Waals surface area contributed by atoms with Crippen LogP contribution >= 0.6 is 12.2 Å². The highest BCUT2D eigenvalue weighted by Crippen LogP contribution is 2.15. The number of hydrogen-bond donors (Lipinski definition) is 4. The Morgan fingerprint density at radius 2 is 2.00 bits per heavy atom. The summed E-state index contributed by atoms with van der Waals surface area (Å²) in [6.45, 7) is 1.65. The second-order valence-corrected chi connectivity index (χ2v) is 4.77. The van der Waals surface area contributed by atoms with E-state index in [1.54, 1.807) is 4.90 Å². The molecule has 8 heteroatoms. The summed E-state index contributed by atoms with van der Waals surface area (Å²) in [4.78, 5) is 22.6. The van der Waals surface area contributed by atoms with E-state index in [0.29, 0.717) is 11.7 Å². The largest absolute Gasteiger partial charge is 0.480 e. The van der Waals surface area contributed by atoms with E-state index < -0.39 is 18.1 Å². The summed E-state index contributed by atoms with van der Waals surface area (Å²) in [5.74, 6) is -1.23. The third kappa shape index (κ3) is 5.10. The zero-order valence-electron chi connectivity index (χ0n) is 11.4. The fourth-order valence-corrected chi connectivity index (χ4v) is 1.75. The van der Waals surface area contributed by atoms with Crippen molar-refractivity contribution in [1.82, 2.24) is 5.32 Å². The van der Waals surface area contributed by atoms with Crippen molar-refractivity contribution < 1.29 is 19.8 Å². The third-order valence-corrected chi connectivity index (χ3v) is 2.99. The maximum Gasteiger partial charge on any atom is 0.323 e. The molecule has 21 heavy (non-hydrogen) atoms. The molecule has 0 radical (unpaired) electrons. The van der Waals surface area contributed by atoms with Gasteiger partial charge >= 0.3 is 5.97 Å². The van der Waals surface area contributed by atoms with E-state index in [0.717, 1.165) is 5.69 Å². The number of benzene rings is 1. The number of aliphatic hydroxyl groups excluding tert-OH is 1. The molecule has 1 aromatic carbocycles.